The molecule has 0 aliphatic carbocycles. The van der Waals surface area contributed by atoms with E-state index in [2.05, 4.69) is 0 Å². The lowest BCUT2D eigenvalue weighted by Crippen LogP contribution is -2.26. The molecule has 0 aliphatic heterocycles. The van der Waals surface area contributed by atoms with Crippen molar-refractivity contribution in [1.29, 1.82) is 0 Å². The molecule has 0 amide bonds. The van der Waals surface area contributed by atoms with Crippen molar-refractivity contribution in [3.05, 3.63) is 35.1 Å². The summed E-state index contributed by atoms with van der Waals surface area (Å²) in [5.41, 5.74) is 4.42. The lowest BCUT2D eigenvalue weighted by molar-refractivity contribution is -0.140. The van der Waals surface area contributed by atoms with E-state index in [1.54, 1.807) is 0 Å². The molecule has 0 unspecified atom stereocenters. The number of halogens is 4. The summed E-state index contributed by atoms with van der Waals surface area (Å²) >= 11 is 0. The summed E-state index contributed by atoms with van der Waals surface area (Å²) in [5.74, 6) is -1.34. The monoisotopic (exact) mass is 279 g/mol. The Bertz CT molecular complexity index is 420. The van der Waals surface area contributed by atoms with E-state index in [4.69, 9.17) is 5.73 Å². The van der Waals surface area contributed by atoms with Gasteiger partial charge in [-0.05, 0) is 24.1 Å². The molecule has 0 heterocycles. The van der Waals surface area contributed by atoms with E-state index in [0.717, 1.165) is 18.9 Å². The smallest absolute Gasteiger partial charge is 0.391 e. The molecule has 0 bridgehead atoms. The van der Waals surface area contributed by atoms with Crippen LogP contribution in [0.2, 0.25) is 0 Å². The van der Waals surface area contributed by atoms with Gasteiger partial charge >= 0.3 is 6.18 Å². The molecule has 1 rings (SSSR count). The highest BCUT2D eigenvalue weighted by Crippen LogP contribution is 2.33. The lowest BCUT2D eigenvalue weighted by atomic mass is 9.96. The SMILES string of the molecule is CCCC[C@H](O)[C@H](N)c1ccc(F)c(C(F)(F)F)c1. The zero-order valence-corrected chi connectivity index (χ0v) is 10.5. The van der Waals surface area contributed by atoms with Crippen LogP contribution < -0.4 is 5.73 Å². The molecule has 3 N–H and O–H groups in total. The predicted octanol–water partition coefficient (Wildman–Crippen LogP) is 3.40. The van der Waals surface area contributed by atoms with Gasteiger partial charge in [0.05, 0.1) is 17.7 Å². The topological polar surface area (TPSA) is 46.2 Å². The molecule has 0 spiro atoms. The van der Waals surface area contributed by atoms with Gasteiger partial charge in [0.15, 0.2) is 0 Å². The first-order valence-electron chi connectivity index (χ1n) is 6.07. The molecule has 0 aliphatic rings. The van der Waals surface area contributed by atoms with E-state index in [0.29, 0.717) is 12.5 Å². The molecule has 0 saturated carbocycles. The molecule has 0 aromatic heterocycles. The molecule has 0 radical (unpaired) electrons. The number of rotatable bonds is 5. The lowest BCUT2D eigenvalue weighted by Gasteiger charge is -2.20. The fourth-order valence-corrected chi connectivity index (χ4v) is 1.78. The Morgan fingerprint density at radius 3 is 2.47 bits per heavy atom. The predicted molar refractivity (Wildman–Crippen MR) is 63.9 cm³/mol. The fourth-order valence-electron chi connectivity index (χ4n) is 1.78. The van der Waals surface area contributed by atoms with Crippen LogP contribution in [0.1, 0.15) is 43.4 Å². The molecule has 108 valence electrons. The van der Waals surface area contributed by atoms with Gasteiger partial charge in [0.2, 0.25) is 0 Å². The van der Waals surface area contributed by atoms with Crippen LogP contribution in [0.3, 0.4) is 0 Å². The van der Waals surface area contributed by atoms with E-state index in [1.807, 2.05) is 6.92 Å². The fraction of sp³-hybridized carbons (Fsp3) is 0.538. The summed E-state index contributed by atoms with van der Waals surface area (Å²) in [6.07, 6.45) is -3.74. The largest absolute Gasteiger partial charge is 0.419 e. The maximum atomic E-state index is 13.1. The molecule has 0 saturated heterocycles. The van der Waals surface area contributed by atoms with Crippen molar-refractivity contribution in [2.24, 2.45) is 5.73 Å². The highest BCUT2D eigenvalue weighted by Gasteiger charge is 2.34. The number of hydrogen-bond acceptors (Lipinski definition) is 2. The van der Waals surface area contributed by atoms with Gasteiger partial charge in [-0.25, -0.2) is 4.39 Å². The van der Waals surface area contributed by atoms with Gasteiger partial charge in [0, 0.05) is 0 Å². The third kappa shape index (κ3) is 4.18. The number of aliphatic hydroxyl groups excluding tert-OH is 1. The molecular formula is C13H17F4NO. The summed E-state index contributed by atoms with van der Waals surface area (Å²) in [6.45, 7) is 1.93. The second-order valence-corrected chi connectivity index (χ2v) is 4.47. The van der Waals surface area contributed by atoms with Gasteiger partial charge in [0.1, 0.15) is 5.82 Å². The van der Waals surface area contributed by atoms with Gasteiger partial charge < -0.3 is 10.8 Å². The highest BCUT2D eigenvalue weighted by molar-refractivity contribution is 5.29. The van der Waals surface area contributed by atoms with Crippen LogP contribution >= 0.6 is 0 Å². The van der Waals surface area contributed by atoms with Crippen molar-refractivity contribution < 1.29 is 22.7 Å². The molecule has 1 aromatic carbocycles. The quantitative estimate of drug-likeness (QED) is 0.811. The van der Waals surface area contributed by atoms with Crippen molar-refractivity contribution in [2.45, 2.75) is 44.5 Å². The summed E-state index contributed by atoms with van der Waals surface area (Å²) in [7, 11) is 0. The summed E-state index contributed by atoms with van der Waals surface area (Å²) in [6, 6.07) is 1.61. The van der Waals surface area contributed by atoms with Crippen molar-refractivity contribution in [1.82, 2.24) is 0 Å². The minimum atomic E-state index is -4.77. The molecule has 19 heavy (non-hydrogen) atoms. The Labute approximate surface area is 109 Å². The van der Waals surface area contributed by atoms with E-state index in [1.165, 1.54) is 6.07 Å². The van der Waals surface area contributed by atoms with Crippen molar-refractivity contribution in [3.8, 4) is 0 Å². The maximum absolute atomic E-state index is 13.1. The highest BCUT2D eigenvalue weighted by atomic mass is 19.4. The average Bonchev–Trinajstić information content (AvgIpc) is 2.34. The Balaban J connectivity index is 2.95. The minimum Gasteiger partial charge on any atom is -0.391 e. The van der Waals surface area contributed by atoms with Gasteiger partial charge in [-0.2, -0.15) is 13.2 Å². The first-order valence-corrected chi connectivity index (χ1v) is 6.07. The molecule has 2 atom stereocenters. The Morgan fingerprint density at radius 2 is 1.95 bits per heavy atom. The van der Waals surface area contributed by atoms with Crippen LogP contribution in [0.15, 0.2) is 18.2 Å². The van der Waals surface area contributed by atoms with E-state index in [-0.39, 0.29) is 5.56 Å². The van der Waals surface area contributed by atoms with Gasteiger partial charge in [-0.3, -0.25) is 0 Å². The summed E-state index contributed by atoms with van der Waals surface area (Å²) in [5, 5.41) is 9.77. The van der Waals surface area contributed by atoms with Gasteiger partial charge in [0.25, 0.3) is 0 Å². The first kappa shape index (κ1) is 15.9. The van der Waals surface area contributed by atoms with Crippen molar-refractivity contribution in [3.63, 3.8) is 0 Å². The second-order valence-electron chi connectivity index (χ2n) is 4.47. The zero-order chi connectivity index (χ0) is 14.6. The summed E-state index contributed by atoms with van der Waals surface area (Å²) in [4.78, 5) is 0. The molecular weight excluding hydrogens is 262 g/mol. The third-order valence-corrected chi connectivity index (χ3v) is 2.95. The number of benzene rings is 1. The van der Waals surface area contributed by atoms with Crippen molar-refractivity contribution >= 4 is 0 Å². The van der Waals surface area contributed by atoms with E-state index in [9.17, 15) is 22.7 Å². The zero-order valence-electron chi connectivity index (χ0n) is 10.5. The average molecular weight is 279 g/mol. The Kier molecular flexibility index (Phi) is 5.31. The number of unbranched alkanes of at least 4 members (excludes halogenated alkanes) is 1. The molecule has 6 heteroatoms. The van der Waals surface area contributed by atoms with E-state index < -0.39 is 29.7 Å². The maximum Gasteiger partial charge on any atom is 0.419 e. The van der Waals surface area contributed by atoms with Crippen molar-refractivity contribution in [2.75, 3.05) is 0 Å². The molecule has 2 nitrogen and oxygen atoms in total. The molecule has 1 aromatic rings. The van der Waals surface area contributed by atoms with E-state index >= 15 is 0 Å². The Hall–Kier alpha value is -1.14. The first-order chi connectivity index (χ1) is 8.77. The standard InChI is InChI=1S/C13H17F4NO/c1-2-3-4-11(19)12(18)8-5-6-10(14)9(7-8)13(15,16)17/h5-7,11-12,19H,2-4,18H2,1H3/t11-,12+/m0/s1. The number of nitrogens with two attached hydrogens (primary N) is 1. The van der Waals surface area contributed by atoms with Crippen LogP contribution in [0.25, 0.3) is 0 Å². The number of alkyl halides is 3. The molecule has 0 fully saturated rings. The normalized spacial score (nSPS) is 15.3. The van der Waals surface area contributed by atoms with Crippen LogP contribution in [-0.4, -0.2) is 11.2 Å². The van der Waals surface area contributed by atoms with Crippen LogP contribution in [0.4, 0.5) is 17.6 Å². The summed E-state index contributed by atoms with van der Waals surface area (Å²) < 4.78 is 50.8. The van der Waals surface area contributed by atoms with Gasteiger partial charge in [-0.15, -0.1) is 0 Å². The van der Waals surface area contributed by atoms with Gasteiger partial charge in [-0.1, -0.05) is 25.8 Å². The minimum absolute atomic E-state index is 0.0809. The van der Waals surface area contributed by atoms with Crippen LogP contribution in [0, 0.1) is 5.82 Å². The Morgan fingerprint density at radius 1 is 1.32 bits per heavy atom. The third-order valence-electron chi connectivity index (χ3n) is 2.95. The number of hydrogen-bond donors (Lipinski definition) is 2. The second kappa shape index (κ2) is 6.34. The number of aliphatic hydroxyl groups is 1. The van der Waals surface area contributed by atoms with Crippen LogP contribution in [0.5, 0.6) is 0 Å². The van der Waals surface area contributed by atoms with Crippen LogP contribution in [-0.2, 0) is 6.18 Å².